The number of methoxy groups -OCH3 is 1. The van der Waals surface area contributed by atoms with E-state index in [0.29, 0.717) is 17.7 Å². The molecule has 2 aromatic rings. The van der Waals surface area contributed by atoms with Crippen molar-refractivity contribution in [2.45, 2.75) is 13.0 Å². The van der Waals surface area contributed by atoms with E-state index in [9.17, 15) is 4.39 Å². The van der Waals surface area contributed by atoms with E-state index in [1.54, 1.807) is 7.11 Å². The van der Waals surface area contributed by atoms with Crippen LogP contribution in [0.4, 0.5) is 4.39 Å². The van der Waals surface area contributed by atoms with Gasteiger partial charge in [0.05, 0.1) is 18.7 Å². The van der Waals surface area contributed by atoms with Crippen molar-refractivity contribution in [3.8, 4) is 11.8 Å². The number of rotatable bonds is 6. The lowest BCUT2D eigenvalue weighted by Gasteiger charge is -2.09. The van der Waals surface area contributed by atoms with E-state index in [-0.39, 0.29) is 5.82 Å². The fourth-order valence-corrected chi connectivity index (χ4v) is 2.17. The van der Waals surface area contributed by atoms with Gasteiger partial charge in [-0.3, -0.25) is 0 Å². The maximum atomic E-state index is 13.2. The molecule has 0 atom stereocenters. The number of nitrogens with one attached hydrogen (secondary N) is 1. The Morgan fingerprint density at radius 1 is 1.19 bits per heavy atom. The van der Waals surface area contributed by atoms with Gasteiger partial charge in [-0.15, -0.1) is 0 Å². The fraction of sp³-hybridized carbons (Fsp3) is 0.235. The summed E-state index contributed by atoms with van der Waals surface area (Å²) in [5, 5.41) is 12.2. The molecule has 0 amide bonds. The Bertz CT molecular complexity index is 649. The van der Waals surface area contributed by atoms with Crippen LogP contribution in [0.5, 0.6) is 5.75 Å². The third-order valence-electron chi connectivity index (χ3n) is 3.27. The Balaban J connectivity index is 1.91. The lowest BCUT2D eigenvalue weighted by atomic mass is 10.1. The van der Waals surface area contributed by atoms with Crippen molar-refractivity contribution in [3.05, 3.63) is 65.0 Å². The number of nitrogens with zero attached hydrogens (tertiary/aromatic N) is 1. The predicted octanol–water partition coefficient (Wildman–Crippen LogP) is 3.04. The van der Waals surface area contributed by atoms with Gasteiger partial charge < -0.3 is 10.1 Å². The summed E-state index contributed by atoms with van der Waals surface area (Å²) in [7, 11) is 1.65. The molecular weight excluding hydrogens is 267 g/mol. The lowest BCUT2D eigenvalue weighted by molar-refractivity contribution is 0.409. The summed E-state index contributed by atoms with van der Waals surface area (Å²) >= 11 is 0. The maximum absolute atomic E-state index is 13.2. The molecule has 0 radical (unpaired) electrons. The molecule has 21 heavy (non-hydrogen) atoms. The van der Waals surface area contributed by atoms with E-state index in [2.05, 4.69) is 11.4 Å². The number of nitriles is 1. The molecule has 108 valence electrons. The molecule has 0 fully saturated rings. The topological polar surface area (TPSA) is 45.0 Å². The van der Waals surface area contributed by atoms with E-state index < -0.39 is 0 Å². The second-order valence-corrected chi connectivity index (χ2v) is 4.65. The fourth-order valence-electron chi connectivity index (χ4n) is 2.17. The molecule has 0 saturated carbocycles. The summed E-state index contributed by atoms with van der Waals surface area (Å²) in [6, 6.07) is 14.1. The SMILES string of the molecule is COc1ccccc1CCNCc1cc(F)ccc1C#N. The highest BCUT2D eigenvalue weighted by Gasteiger charge is 2.04. The molecule has 0 heterocycles. The molecule has 2 aromatic carbocycles. The Labute approximate surface area is 124 Å². The summed E-state index contributed by atoms with van der Waals surface area (Å²) in [5.41, 5.74) is 2.30. The van der Waals surface area contributed by atoms with Crippen LogP contribution in [0.25, 0.3) is 0 Å². The number of para-hydroxylation sites is 1. The zero-order chi connectivity index (χ0) is 15.1. The monoisotopic (exact) mass is 284 g/mol. The standard InChI is InChI=1S/C17H17FN2O/c1-21-17-5-3-2-4-13(17)8-9-20-12-15-10-16(18)7-6-14(15)11-19/h2-7,10,20H,8-9,12H2,1H3. The molecule has 0 aliphatic heterocycles. The third-order valence-corrected chi connectivity index (χ3v) is 3.27. The summed E-state index contributed by atoms with van der Waals surface area (Å²) in [6.45, 7) is 1.19. The Kier molecular flexibility index (Phi) is 5.30. The van der Waals surface area contributed by atoms with Crippen LogP contribution in [0.15, 0.2) is 42.5 Å². The number of benzene rings is 2. The van der Waals surface area contributed by atoms with Crippen molar-refractivity contribution in [2.24, 2.45) is 0 Å². The van der Waals surface area contributed by atoms with E-state index in [0.717, 1.165) is 24.3 Å². The van der Waals surface area contributed by atoms with Gasteiger partial charge in [0.1, 0.15) is 11.6 Å². The minimum absolute atomic E-state index is 0.324. The van der Waals surface area contributed by atoms with Crippen molar-refractivity contribution >= 4 is 0 Å². The van der Waals surface area contributed by atoms with Crippen LogP contribution in [0.3, 0.4) is 0 Å². The molecule has 0 unspecified atom stereocenters. The molecule has 4 heteroatoms. The van der Waals surface area contributed by atoms with Gasteiger partial charge in [-0.2, -0.15) is 5.26 Å². The molecule has 0 saturated heterocycles. The first kappa shape index (κ1) is 15.0. The van der Waals surface area contributed by atoms with Crippen LogP contribution in [-0.4, -0.2) is 13.7 Å². The first-order valence-corrected chi connectivity index (χ1v) is 6.75. The van der Waals surface area contributed by atoms with Gasteiger partial charge in [-0.1, -0.05) is 18.2 Å². The van der Waals surface area contributed by atoms with Crippen molar-refractivity contribution in [1.29, 1.82) is 5.26 Å². The van der Waals surface area contributed by atoms with Crippen LogP contribution in [0.1, 0.15) is 16.7 Å². The van der Waals surface area contributed by atoms with Gasteiger partial charge in [-0.25, -0.2) is 4.39 Å². The smallest absolute Gasteiger partial charge is 0.123 e. The lowest BCUT2D eigenvalue weighted by Crippen LogP contribution is -2.17. The molecule has 0 aliphatic rings. The van der Waals surface area contributed by atoms with Gasteiger partial charge in [0.25, 0.3) is 0 Å². The zero-order valence-electron chi connectivity index (χ0n) is 11.9. The van der Waals surface area contributed by atoms with Gasteiger partial charge in [0.15, 0.2) is 0 Å². The average molecular weight is 284 g/mol. The largest absolute Gasteiger partial charge is 0.496 e. The molecule has 3 nitrogen and oxygen atoms in total. The average Bonchev–Trinajstić information content (AvgIpc) is 2.52. The number of ether oxygens (including phenoxy) is 1. The predicted molar refractivity (Wildman–Crippen MR) is 79.5 cm³/mol. The molecule has 0 aliphatic carbocycles. The highest BCUT2D eigenvalue weighted by atomic mass is 19.1. The Hall–Kier alpha value is -2.38. The van der Waals surface area contributed by atoms with Gasteiger partial charge >= 0.3 is 0 Å². The first-order chi connectivity index (χ1) is 10.2. The Morgan fingerprint density at radius 2 is 2.00 bits per heavy atom. The number of hydrogen-bond acceptors (Lipinski definition) is 3. The van der Waals surface area contributed by atoms with Gasteiger partial charge in [0, 0.05) is 6.54 Å². The highest BCUT2D eigenvalue weighted by Crippen LogP contribution is 2.17. The van der Waals surface area contributed by atoms with Crippen LogP contribution in [-0.2, 0) is 13.0 Å². The van der Waals surface area contributed by atoms with E-state index in [1.807, 2.05) is 24.3 Å². The maximum Gasteiger partial charge on any atom is 0.123 e. The van der Waals surface area contributed by atoms with E-state index in [4.69, 9.17) is 10.00 Å². The van der Waals surface area contributed by atoms with E-state index >= 15 is 0 Å². The molecule has 2 rings (SSSR count). The summed E-state index contributed by atoms with van der Waals surface area (Å²) in [5.74, 6) is 0.540. The molecule has 1 N–H and O–H groups in total. The minimum atomic E-state index is -0.324. The summed E-state index contributed by atoms with van der Waals surface area (Å²) in [6.07, 6.45) is 0.807. The van der Waals surface area contributed by atoms with Crippen LogP contribution in [0.2, 0.25) is 0 Å². The molecular formula is C17H17FN2O. The van der Waals surface area contributed by atoms with Crippen LogP contribution >= 0.6 is 0 Å². The second-order valence-electron chi connectivity index (χ2n) is 4.65. The van der Waals surface area contributed by atoms with Crippen LogP contribution in [0, 0.1) is 17.1 Å². The normalized spacial score (nSPS) is 10.1. The van der Waals surface area contributed by atoms with Crippen molar-refractivity contribution in [2.75, 3.05) is 13.7 Å². The Morgan fingerprint density at radius 3 is 2.76 bits per heavy atom. The van der Waals surface area contributed by atoms with Crippen LogP contribution < -0.4 is 10.1 Å². The molecule has 0 spiro atoms. The first-order valence-electron chi connectivity index (χ1n) is 6.75. The highest BCUT2D eigenvalue weighted by molar-refractivity contribution is 5.38. The number of hydrogen-bond donors (Lipinski definition) is 1. The van der Waals surface area contributed by atoms with Gasteiger partial charge in [-0.05, 0) is 48.4 Å². The van der Waals surface area contributed by atoms with Crippen molar-refractivity contribution in [3.63, 3.8) is 0 Å². The van der Waals surface area contributed by atoms with Gasteiger partial charge in [0.2, 0.25) is 0 Å². The summed E-state index contributed by atoms with van der Waals surface area (Å²) < 4.78 is 18.5. The molecule has 0 bridgehead atoms. The summed E-state index contributed by atoms with van der Waals surface area (Å²) in [4.78, 5) is 0. The third kappa shape index (κ3) is 4.04. The quantitative estimate of drug-likeness (QED) is 0.829. The number of halogens is 1. The van der Waals surface area contributed by atoms with Crippen molar-refractivity contribution < 1.29 is 9.13 Å². The van der Waals surface area contributed by atoms with E-state index in [1.165, 1.54) is 18.2 Å². The zero-order valence-corrected chi connectivity index (χ0v) is 11.9. The second kappa shape index (κ2) is 7.41. The van der Waals surface area contributed by atoms with Crippen molar-refractivity contribution in [1.82, 2.24) is 5.32 Å². The minimum Gasteiger partial charge on any atom is -0.496 e. The molecule has 0 aromatic heterocycles.